The molecule has 2 N–H and O–H groups in total. The van der Waals surface area contributed by atoms with E-state index in [4.69, 9.17) is 0 Å². The topological polar surface area (TPSA) is 113 Å². The molecule has 35 heavy (non-hydrogen) atoms. The number of carbonyl (C=O) groups is 3. The molecule has 2 fully saturated rings. The molecule has 5 rings (SSSR count). The summed E-state index contributed by atoms with van der Waals surface area (Å²) >= 11 is 1.07. The van der Waals surface area contributed by atoms with Gasteiger partial charge in [0, 0.05) is 0 Å². The lowest BCUT2D eigenvalue weighted by molar-refractivity contribution is -0.139. The monoisotopic (exact) mass is 491 g/mol. The molecule has 1 aromatic heterocycles. The summed E-state index contributed by atoms with van der Waals surface area (Å²) in [6.07, 6.45) is 3.88. The predicted octanol–water partition coefficient (Wildman–Crippen LogP) is 3.07. The fourth-order valence-electron chi connectivity index (χ4n) is 4.63. The number of aromatic nitrogens is 2. The van der Waals surface area contributed by atoms with Gasteiger partial charge in [-0.2, -0.15) is 5.01 Å². The summed E-state index contributed by atoms with van der Waals surface area (Å²) in [5.41, 5.74) is 3.49. The summed E-state index contributed by atoms with van der Waals surface area (Å²) in [6, 6.07) is 13.9. The summed E-state index contributed by atoms with van der Waals surface area (Å²) in [5.74, 6) is -1.09. The van der Waals surface area contributed by atoms with Crippen LogP contribution in [0.4, 0.5) is 4.79 Å². The number of urea groups is 1. The van der Waals surface area contributed by atoms with Crippen LogP contribution in [0.5, 0.6) is 0 Å². The van der Waals surface area contributed by atoms with Gasteiger partial charge in [-0.25, -0.2) is 9.78 Å². The molecule has 2 heterocycles. The highest BCUT2D eigenvalue weighted by molar-refractivity contribution is 7.99. The first kappa shape index (κ1) is 23.1. The van der Waals surface area contributed by atoms with E-state index in [0.29, 0.717) is 34.6 Å². The number of hydrazine groups is 1. The van der Waals surface area contributed by atoms with Crippen LogP contribution < -0.4 is 16.3 Å². The van der Waals surface area contributed by atoms with Crippen LogP contribution in [0.25, 0.3) is 16.6 Å². The summed E-state index contributed by atoms with van der Waals surface area (Å²) in [6.45, 7) is 1.96. The number of benzene rings is 2. The Labute approximate surface area is 205 Å². The van der Waals surface area contributed by atoms with Crippen molar-refractivity contribution >= 4 is 40.5 Å². The highest BCUT2D eigenvalue weighted by atomic mass is 32.2. The fourth-order valence-corrected chi connectivity index (χ4v) is 5.44. The van der Waals surface area contributed by atoms with E-state index in [1.54, 1.807) is 24.3 Å². The average Bonchev–Trinajstić information content (AvgIpc) is 3.07. The Morgan fingerprint density at radius 1 is 1.06 bits per heavy atom. The fraction of sp³-hybridized carbons (Fsp3) is 0.320. The maximum Gasteiger partial charge on any atom is 0.344 e. The van der Waals surface area contributed by atoms with E-state index in [9.17, 15) is 19.2 Å². The molecule has 10 heteroatoms. The smallest absolute Gasteiger partial charge is 0.322 e. The number of aryl methyl sites for hydroxylation is 1. The van der Waals surface area contributed by atoms with Crippen LogP contribution in [-0.4, -0.2) is 43.7 Å². The Bertz CT molecular complexity index is 1380. The van der Waals surface area contributed by atoms with Gasteiger partial charge in [-0.3, -0.25) is 24.4 Å². The number of para-hydroxylation sites is 1. The normalized spacial score (nSPS) is 17.1. The van der Waals surface area contributed by atoms with E-state index in [2.05, 4.69) is 15.7 Å². The molecule has 3 aromatic rings. The van der Waals surface area contributed by atoms with Crippen molar-refractivity contribution in [1.29, 1.82) is 0 Å². The molecule has 0 radical (unpaired) electrons. The molecule has 0 unspecified atom stereocenters. The van der Waals surface area contributed by atoms with Crippen molar-refractivity contribution in [2.24, 2.45) is 0 Å². The minimum absolute atomic E-state index is 0.138. The van der Waals surface area contributed by atoms with Gasteiger partial charge in [0.25, 0.3) is 11.5 Å². The Morgan fingerprint density at radius 3 is 2.51 bits per heavy atom. The van der Waals surface area contributed by atoms with Gasteiger partial charge in [0.05, 0.1) is 22.3 Å². The number of rotatable bonds is 5. The van der Waals surface area contributed by atoms with Crippen molar-refractivity contribution < 1.29 is 14.4 Å². The molecule has 2 aromatic carbocycles. The number of imide groups is 1. The first-order valence-corrected chi connectivity index (χ1v) is 12.5. The zero-order valence-electron chi connectivity index (χ0n) is 19.2. The number of hydrogen-bond acceptors (Lipinski definition) is 6. The highest BCUT2D eigenvalue weighted by Crippen LogP contribution is 2.33. The third-order valence-electron chi connectivity index (χ3n) is 6.47. The molecule has 1 aliphatic heterocycles. The summed E-state index contributed by atoms with van der Waals surface area (Å²) in [4.78, 5) is 56.1. The molecule has 1 saturated carbocycles. The maximum absolute atomic E-state index is 13.3. The predicted molar refractivity (Wildman–Crippen MR) is 132 cm³/mol. The molecule has 1 aliphatic carbocycles. The van der Waals surface area contributed by atoms with Gasteiger partial charge in [0.15, 0.2) is 5.16 Å². The van der Waals surface area contributed by atoms with Gasteiger partial charge in [-0.15, -0.1) is 0 Å². The maximum atomic E-state index is 13.3. The van der Waals surface area contributed by atoms with Crippen molar-refractivity contribution in [2.45, 2.75) is 49.7 Å². The number of carbonyl (C=O) groups excluding carboxylic acids is 3. The van der Waals surface area contributed by atoms with Crippen molar-refractivity contribution in [3.63, 3.8) is 0 Å². The molecule has 0 atom stereocenters. The summed E-state index contributed by atoms with van der Waals surface area (Å²) in [5, 5.41) is 4.37. The molecular weight excluding hydrogens is 466 g/mol. The lowest BCUT2D eigenvalue weighted by atomic mass is 9.82. The highest BCUT2D eigenvalue weighted by Gasteiger charge is 2.52. The Balaban J connectivity index is 1.38. The van der Waals surface area contributed by atoms with Gasteiger partial charge in [0.1, 0.15) is 5.54 Å². The number of hydrogen-bond donors (Lipinski definition) is 2. The molecule has 0 bridgehead atoms. The van der Waals surface area contributed by atoms with Gasteiger partial charge in [-0.1, -0.05) is 60.9 Å². The SMILES string of the molecule is Cc1ccc(-n2c(SCC(=O)NN3C(=O)NC4(CCCCC4)C3=O)nc3ccccc3c2=O)cc1. The van der Waals surface area contributed by atoms with E-state index < -0.39 is 23.4 Å². The van der Waals surface area contributed by atoms with Crippen LogP contribution in [0, 0.1) is 6.92 Å². The molecule has 1 spiro atoms. The third-order valence-corrected chi connectivity index (χ3v) is 7.41. The lowest BCUT2D eigenvalue weighted by Crippen LogP contribution is -2.51. The Morgan fingerprint density at radius 2 is 1.77 bits per heavy atom. The number of nitrogens with one attached hydrogen (secondary N) is 2. The van der Waals surface area contributed by atoms with Gasteiger partial charge < -0.3 is 5.32 Å². The minimum Gasteiger partial charge on any atom is -0.322 e. The van der Waals surface area contributed by atoms with Gasteiger partial charge in [0.2, 0.25) is 5.91 Å². The molecular formula is C25H25N5O4S. The standard InChI is InChI=1S/C25H25N5O4S/c1-16-9-11-17(12-10-16)29-21(32)18-7-3-4-8-19(18)26-24(29)35-15-20(31)28-30-22(33)25(27-23(30)34)13-5-2-6-14-25/h3-4,7-12H,2,5-6,13-15H2,1H3,(H,27,34)(H,28,31). The zero-order valence-corrected chi connectivity index (χ0v) is 20.1. The van der Waals surface area contributed by atoms with Gasteiger partial charge in [-0.05, 0) is 44.0 Å². The second-order valence-electron chi connectivity index (χ2n) is 8.92. The van der Waals surface area contributed by atoms with E-state index in [-0.39, 0.29) is 11.3 Å². The van der Waals surface area contributed by atoms with Crippen LogP contribution in [-0.2, 0) is 9.59 Å². The Kier molecular flexibility index (Phi) is 6.06. The van der Waals surface area contributed by atoms with Crippen molar-refractivity contribution in [1.82, 2.24) is 25.3 Å². The summed E-state index contributed by atoms with van der Waals surface area (Å²) < 4.78 is 1.48. The molecule has 2 aliphatic rings. The van der Waals surface area contributed by atoms with Crippen LogP contribution in [0.1, 0.15) is 37.7 Å². The largest absolute Gasteiger partial charge is 0.344 e. The quantitative estimate of drug-likeness (QED) is 0.322. The molecule has 9 nitrogen and oxygen atoms in total. The number of thioether (sulfide) groups is 1. The van der Waals surface area contributed by atoms with E-state index in [1.807, 2.05) is 31.2 Å². The van der Waals surface area contributed by atoms with Crippen molar-refractivity contribution in [2.75, 3.05) is 5.75 Å². The van der Waals surface area contributed by atoms with Crippen LogP contribution >= 0.6 is 11.8 Å². The zero-order chi connectivity index (χ0) is 24.6. The van der Waals surface area contributed by atoms with Gasteiger partial charge >= 0.3 is 6.03 Å². The van der Waals surface area contributed by atoms with E-state index in [0.717, 1.165) is 41.6 Å². The average molecular weight is 492 g/mol. The number of fused-ring (bicyclic) bond motifs is 1. The Hall–Kier alpha value is -3.66. The molecule has 4 amide bonds. The third kappa shape index (κ3) is 4.29. The first-order chi connectivity index (χ1) is 16.9. The first-order valence-electron chi connectivity index (χ1n) is 11.6. The number of nitrogens with zero attached hydrogens (tertiary/aromatic N) is 3. The summed E-state index contributed by atoms with van der Waals surface area (Å²) in [7, 11) is 0. The van der Waals surface area contributed by atoms with Crippen LogP contribution in [0.3, 0.4) is 0 Å². The van der Waals surface area contributed by atoms with Crippen molar-refractivity contribution in [3.8, 4) is 5.69 Å². The number of amides is 4. The minimum atomic E-state index is -0.915. The second kappa shape index (κ2) is 9.18. The van der Waals surface area contributed by atoms with E-state index in [1.165, 1.54) is 4.57 Å². The van der Waals surface area contributed by atoms with E-state index >= 15 is 0 Å². The van der Waals surface area contributed by atoms with Crippen LogP contribution in [0.15, 0.2) is 58.5 Å². The van der Waals surface area contributed by atoms with Crippen LogP contribution in [0.2, 0.25) is 0 Å². The molecule has 1 saturated heterocycles. The van der Waals surface area contributed by atoms with Crippen molar-refractivity contribution in [3.05, 3.63) is 64.4 Å². The second-order valence-corrected chi connectivity index (χ2v) is 9.87. The lowest BCUT2D eigenvalue weighted by Gasteiger charge is -2.30. The molecule has 180 valence electrons.